The third kappa shape index (κ3) is 4.03. The van der Waals surface area contributed by atoms with Crippen molar-refractivity contribution in [1.29, 1.82) is 5.26 Å². The van der Waals surface area contributed by atoms with E-state index in [9.17, 15) is 24.4 Å². The molecule has 2 heterocycles. The number of carbonyl (C=O) groups excluding carboxylic acids is 4. The predicted molar refractivity (Wildman–Crippen MR) is 114 cm³/mol. The first kappa shape index (κ1) is 22.0. The van der Waals surface area contributed by atoms with Crippen molar-refractivity contribution in [2.24, 2.45) is 0 Å². The summed E-state index contributed by atoms with van der Waals surface area (Å²) in [5, 5.41) is 9.62. The first-order chi connectivity index (χ1) is 15.6. The average molecular weight is 447 g/mol. The summed E-state index contributed by atoms with van der Waals surface area (Å²) in [5.74, 6) is -2.51. The Morgan fingerprint density at radius 1 is 1.06 bits per heavy atom. The summed E-state index contributed by atoms with van der Waals surface area (Å²) in [6.07, 6.45) is -0.345. The molecule has 0 aliphatic carbocycles. The number of nitrogens with zero attached hydrogens (tertiary/aromatic N) is 3. The molecule has 2 aliphatic heterocycles. The van der Waals surface area contributed by atoms with Crippen molar-refractivity contribution in [3.8, 4) is 6.07 Å². The number of hydrogen-bond donors (Lipinski definition) is 0. The molecule has 9 heteroatoms. The van der Waals surface area contributed by atoms with Crippen molar-refractivity contribution < 1.29 is 28.8 Å². The molecule has 3 amide bonds. The molecular formula is C24H21N3O6. The highest BCUT2D eigenvalue weighted by Crippen LogP contribution is 2.34. The van der Waals surface area contributed by atoms with E-state index in [4.69, 9.17) is 9.57 Å². The fourth-order valence-corrected chi connectivity index (χ4v) is 3.86. The maximum absolute atomic E-state index is 13.3. The number of benzene rings is 2. The lowest BCUT2D eigenvalue weighted by Gasteiger charge is -2.36. The molecule has 2 aromatic carbocycles. The summed E-state index contributed by atoms with van der Waals surface area (Å²) in [5.41, 5.74) is 0.987. The van der Waals surface area contributed by atoms with Crippen LogP contribution in [0.4, 0.5) is 4.79 Å². The van der Waals surface area contributed by atoms with E-state index in [1.807, 2.05) is 6.07 Å². The van der Waals surface area contributed by atoms with Crippen molar-refractivity contribution in [3.63, 3.8) is 0 Å². The van der Waals surface area contributed by atoms with Gasteiger partial charge in [0.1, 0.15) is 5.60 Å². The van der Waals surface area contributed by atoms with E-state index in [1.165, 1.54) is 23.1 Å². The van der Waals surface area contributed by atoms with Gasteiger partial charge >= 0.3 is 12.1 Å². The fourth-order valence-electron chi connectivity index (χ4n) is 3.86. The van der Waals surface area contributed by atoms with Crippen LogP contribution in [0, 0.1) is 11.3 Å². The summed E-state index contributed by atoms with van der Waals surface area (Å²) in [7, 11) is 0. The van der Waals surface area contributed by atoms with Crippen molar-refractivity contribution in [3.05, 3.63) is 70.3 Å². The predicted octanol–water partition coefficient (Wildman–Crippen LogP) is 3.15. The summed E-state index contributed by atoms with van der Waals surface area (Å²) in [4.78, 5) is 58.0. The molecule has 0 saturated carbocycles. The van der Waals surface area contributed by atoms with Crippen LogP contribution in [-0.2, 0) is 20.8 Å². The molecule has 0 fully saturated rings. The van der Waals surface area contributed by atoms with Crippen LogP contribution in [-0.4, -0.2) is 46.0 Å². The van der Waals surface area contributed by atoms with E-state index in [0.29, 0.717) is 28.2 Å². The summed E-state index contributed by atoms with van der Waals surface area (Å²) >= 11 is 0. The van der Waals surface area contributed by atoms with Gasteiger partial charge in [-0.3, -0.25) is 14.5 Å². The first-order valence-corrected chi connectivity index (χ1v) is 10.3. The normalized spacial score (nSPS) is 17.2. The SMILES string of the molecule is CC(C)(C)OC(=O)N1CCc2cc(C#N)ccc2C1C(=O)ON1C(=O)c2ccccc2C1=O. The van der Waals surface area contributed by atoms with Gasteiger partial charge in [0.15, 0.2) is 6.04 Å². The number of ether oxygens (including phenoxy) is 1. The molecule has 0 radical (unpaired) electrons. The van der Waals surface area contributed by atoms with Crippen LogP contribution < -0.4 is 0 Å². The number of fused-ring (bicyclic) bond motifs is 2. The largest absolute Gasteiger partial charge is 0.444 e. The zero-order valence-corrected chi connectivity index (χ0v) is 18.3. The Bertz CT molecular complexity index is 1190. The molecular weight excluding hydrogens is 426 g/mol. The monoisotopic (exact) mass is 447 g/mol. The van der Waals surface area contributed by atoms with E-state index in [-0.39, 0.29) is 17.7 Å². The van der Waals surface area contributed by atoms with Crippen molar-refractivity contribution in [1.82, 2.24) is 9.96 Å². The number of amides is 3. The van der Waals surface area contributed by atoms with Crippen molar-refractivity contribution in [2.75, 3.05) is 6.54 Å². The average Bonchev–Trinajstić information content (AvgIpc) is 3.01. The molecule has 0 bridgehead atoms. The molecule has 0 spiro atoms. The Morgan fingerprint density at radius 3 is 2.27 bits per heavy atom. The van der Waals surface area contributed by atoms with Crippen LogP contribution >= 0.6 is 0 Å². The highest BCUT2D eigenvalue weighted by molar-refractivity contribution is 6.21. The molecule has 1 atom stereocenters. The van der Waals surface area contributed by atoms with E-state index < -0.39 is 35.5 Å². The Balaban J connectivity index is 1.68. The van der Waals surface area contributed by atoms with E-state index in [0.717, 1.165) is 0 Å². The van der Waals surface area contributed by atoms with E-state index in [2.05, 4.69) is 0 Å². The highest BCUT2D eigenvalue weighted by atomic mass is 16.7. The van der Waals surface area contributed by atoms with Crippen molar-refractivity contribution in [2.45, 2.75) is 38.8 Å². The molecule has 0 N–H and O–H groups in total. The van der Waals surface area contributed by atoms with E-state index in [1.54, 1.807) is 45.0 Å². The summed E-state index contributed by atoms with van der Waals surface area (Å²) in [6.45, 7) is 5.23. The molecule has 0 aromatic heterocycles. The molecule has 4 rings (SSSR count). The van der Waals surface area contributed by atoms with Gasteiger partial charge in [-0.05, 0) is 62.6 Å². The second-order valence-electron chi connectivity index (χ2n) is 8.71. The second kappa shape index (κ2) is 8.06. The summed E-state index contributed by atoms with van der Waals surface area (Å²) in [6, 6.07) is 11.7. The van der Waals surface area contributed by atoms with Gasteiger partial charge in [0, 0.05) is 6.54 Å². The van der Waals surface area contributed by atoms with Gasteiger partial charge in [-0.25, -0.2) is 9.59 Å². The lowest BCUT2D eigenvalue weighted by Crippen LogP contribution is -2.48. The minimum atomic E-state index is -1.26. The molecule has 33 heavy (non-hydrogen) atoms. The summed E-state index contributed by atoms with van der Waals surface area (Å²) < 4.78 is 5.46. The van der Waals surface area contributed by atoms with Gasteiger partial charge < -0.3 is 9.57 Å². The number of carbonyl (C=O) groups is 4. The molecule has 2 aromatic rings. The second-order valence-corrected chi connectivity index (χ2v) is 8.71. The lowest BCUT2D eigenvalue weighted by molar-refractivity contribution is -0.175. The quantitative estimate of drug-likeness (QED) is 0.649. The fraction of sp³-hybridized carbons (Fsp3) is 0.292. The van der Waals surface area contributed by atoms with Crippen LogP contribution in [0.25, 0.3) is 0 Å². The van der Waals surface area contributed by atoms with Crippen LogP contribution in [0.1, 0.15) is 64.2 Å². The minimum Gasteiger partial charge on any atom is -0.444 e. The van der Waals surface area contributed by atoms with Gasteiger partial charge in [0.25, 0.3) is 11.8 Å². The molecule has 9 nitrogen and oxygen atoms in total. The van der Waals surface area contributed by atoms with Gasteiger partial charge in [0.05, 0.1) is 22.8 Å². The van der Waals surface area contributed by atoms with Gasteiger partial charge in [-0.1, -0.05) is 23.3 Å². The Kier molecular flexibility index (Phi) is 5.38. The molecule has 1 unspecified atom stereocenters. The number of hydroxylamine groups is 2. The zero-order chi connectivity index (χ0) is 23.9. The number of rotatable bonds is 2. The van der Waals surface area contributed by atoms with Crippen LogP contribution in [0.2, 0.25) is 0 Å². The highest BCUT2D eigenvalue weighted by Gasteiger charge is 2.44. The molecule has 168 valence electrons. The third-order valence-electron chi connectivity index (χ3n) is 5.29. The first-order valence-electron chi connectivity index (χ1n) is 10.3. The maximum atomic E-state index is 13.3. The van der Waals surface area contributed by atoms with Crippen LogP contribution in [0.15, 0.2) is 42.5 Å². The zero-order valence-electron chi connectivity index (χ0n) is 18.3. The number of nitriles is 1. The smallest absolute Gasteiger partial charge is 0.411 e. The van der Waals surface area contributed by atoms with Gasteiger partial charge in [0.2, 0.25) is 0 Å². The van der Waals surface area contributed by atoms with Gasteiger partial charge in [-0.2, -0.15) is 5.26 Å². The molecule has 0 saturated heterocycles. The Hall–Kier alpha value is -4.19. The van der Waals surface area contributed by atoms with E-state index >= 15 is 0 Å². The standard InChI is InChI=1S/C24H21N3O6/c1-24(2,3)32-23(31)26-11-10-15-12-14(13-25)8-9-16(15)19(26)22(30)33-27-20(28)17-6-4-5-7-18(17)21(27)29/h4-9,12,19H,10-11H2,1-3H3. The Labute approximate surface area is 190 Å². The maximum Gasteiger partial charge on any atom is 0.411 e. The van der Waals surface area contributed by atoms with Gasteiger partial charge in [-0.15, -0.1) is 0 Å². The third-order valence-corrected chi connectivity index (χ3v) is 5.29. The van der Waals surface area contributed by atoms with Crippen LogP contribution in [0.5, 0.6) is 0 Å². The van der Waals surface area contributed by atoms with Crippen LogP contribution in [0.3, 0.4) is 0 Å². The Morgan fingerprint density at radius 2 is 1.70 bits per heavy atom. The molecule has 2 aliphatic rings. The lowest BCUT2D eigenvalue weighted by atomic mass is 9.91. The topological polar surface area (TPSA) is 117 Å². The van der Waals surface area contributed by atoms with Crippen molar-refractivity contribution >= 4 is 23.9 Å². The number of hydrogen-bond acceptors (Lipinski definition) is 7. The minimum absolute atomic E-state index is 0.124. The number of imide groups is 1.